The van der Waals surface area contributed by atoms with E-state index in [2.05, 4.69) is 10.6 Å². The van der Waals surface area contributed by atoms with Crippen molar-refractivity contribution in [3.63, 3.8) is 0 Å². The van der Waals surface area contributed by atoms with Crippen LogP contribution in [0.5, 0.6) is 0 Å². The van der Waals surface area contributed by atoms with Crippen LogP contribution in [0.15, 0.2) is 24.3 Å². The Balaban J connectivity index is 1.82. The minimum atomic E-state index is -0.158. The fourth-order valence-corrected chi connectivity index (χ4v) is 3.31. The lowest BCUT2D eigenvalue weighted by Gasteiger charge is -2.28. The Morgan fingerprint density at radius 2 is 1.43 bits per heavy atom. The molecule has 2 N–H and O–H groups in total. The Morgan fingerprint density at radius 3 is 1.96 bits per heavy atom. The van der Waals surface area contributed by atoms with E-state index in [0.29, 0.717) is 17.9 Å². The van der Waals surface area contributed by atoms with Gasteiger partial charge in [0.1, 0.15) is 0 Å². The van der Waals surface area contributed by atoms with Gasteiger partial charge in [-0.2, -0.15) is 0 Å². The molecule has 1 heterocycles. The molecule has 1 aliphatic heterocycles. The first kappa shape index (κ1) is 21.9. The highest BCUT2D eigenvalue weighted by Gasteiger charge is 2.19. The molecule has 0 bridgehead atoms. The molecule has 0 aliphatic carbocycles. The van der Waals surface area contributed by atoms with Crippen molar-refractivity contribution in [1.29, 1.82) is 0 Å². The second-order valence-corrected chi connectivity index (χ2v) is 7.26. The second kappa shape index (κ2) is 11.4. The molecular weight excluding hydrogens is 356 g/mol. The third-order valence-electron chi connectivity index (χ3n) is 4.87. The van der Waals surface area contributed by atoms with E-state index < -0.39 is 0 Å². The zero-order valence-electron chi connectivity index (χ0n) is 17.0. The van der Waals surface area contributed by atoms with Gasteiger partial charge in [0.05, 0.1) is 13.1 Å². The van der Waals surface area contributed by atoms with Crippen molar-refractivity contribution >= 4 is 29.1 Å². The minimum Gasteiger partial charge on any atom is -0.342 e. The maximum Gasteiger partial charge on any atom is 0.238 e. The van der Waals surface area contributed by atoms with Crippen molar-refractivity contribution in [3.05, 3.63) is 24.3 Å². The van der Waals surface area contributed by atoms with Crippen LogP contribution in [0.25, 0.3) is 0 Å². The number of benzene rings is 1. The van der Waals surface area contributed by atoms with E-state index in [1.165, 1.54) is 26.2 Å². The Bertz CT molecular complexity index is 652. The van der Waals surface area contributed by atoms with E-state index >= 15 is 0 Å². The zero-order valence-corrected chi connectivity index (χ0v) is 17.0. The molecule has 1 aliphatic rings. The molecule has 3 amide bonds. The van der Waals surface area contributed by atoms with E-state index in [9.17, 15) is 14.4 Å². The first-order chi connectivity index (χ1) is 13.5. The van der Waals surface area contributed by atoms with Gasteiger partial charge in [-0.05, 0) is 43.7 Å². The van der Waals surface area contributed by atoms with Crippen LogP contribution in [0.3, 0.4) is 0 Å². The van der Waals surface area contributed by atoms with E-state index in [0.717, 1.165) is 25.9 Å². The number of hydrogen-bond acceptors (Lipinski definition) is 4. The van der Waals surface area contributed by atoms with Crippen LogP contribution < -0.4 is 10.6 Å². The van der Waals surface area contributed by atoms with Gasteiger partial charge < -0.3 is 15.5 Å². The molecule has 0 radical (unpaired) electrons. The fraction of sp³-hybridized carbons (Fsp3) is 0.571. The van der Waals surface area contributed by atoms with Crippen LogP contribution in [0.4, 0.5) is 11.4 Å². The first-order valence-electron chi connectivity index (χ1n) is 10.2. The highest BCUT2D eigenvalue weighted by Crippen LogP contribution is 2.14. The number of nitrogens with one attached hydrogen (secondary N) is 2. The van der Waals surface area contributed by atoms with Crippen LogP contribution in [0.1, 0.15) is 46.0 Å². The van der Waals surface area contributed by atoms with E-state index in [1.807, 2.05) is 16.7 Å². The topological polar surface area (TPSA) is 81.8 Å². The number of rotatable bonds is 7. The normalized spacial score (nSPS) is 14.9. The summed E-state index contributed by atoms with van der Waals surface area (Å²) in [6.07, 6.45) is 5.75. The monoisotopic (exact) mass is 388 g/mol. The predicted molar refractivity (Wildman–Crippen MR) is 111 cm³/mol. The standard InChI is InChI=1S/C21H32N4O3/c1-3-24(16-21(28)25-13-7-5-4-6-8-14-25)15-20(27)23-19-11-9-18(10-12-19)22-17(2)26/h9-12H,3-8,13-16H2,1-2H3,(H,22,26)(H,23,27). The molecule has 0 aromatic heterocycles. The number of carbonyl (C=O) groups is 3. The summed E-state index contributed by atoms with van der Waals surface area (Å²) in [4.78, 5) is 39.8. The summed E-state index contributed by atoms with van der Waals surface area (Å²) in [5, 5.41) is 5.53. The molecule has 0 spiro atoms. The van der Waals surface area contributed by atoms with Crippen molar-refractivity contribution in [2.45, 2.75) is 46.0 Å². The van der Waals surface area contributed by atoms with E-state index in [4.69, 9.17) is 0 Å². The summed E-state index contributed by atoms with van der Waals surface area (Å²) in [6.45, 7) is 6.12. The van der Waals surface area contributed by atoms with Crippen molar-refractivity contribution in [2.75, 3.05) is 43.4 Å². The average Bonchev–Trinajstić information content (AvgIpc) is 2.62. The number of hydrogen-bond donors (Lipinski definition) is 2. The Labute approximate surface area is 167 Å². The van der Waals surface area contributed by atoms with Gasteiger partial charge in [0, 0.05) is 31.4 Å². The predicted octanol–water partition coefficient (Wildman–Crippen LogP) is 2.70. The highest BCUT2D eigenvalue weighted by atomic mass is 16.2. The summed E-state index contributed by atoms with van der Waals surface area (Å²) in [5.41, 5.74) is 1.34. The van der Waals surface area contributed by atoms with Crippen LogP contribution in [-0.2, 0) is 14.4 Å². The molecule has 1 fully saturated rings. The van der Waals surface area contributed by atoms with Crippen LogP contribution in [-0.4, -0.2) is 60.2 Å². The molecule has 7 nitrogen and oxygen atoms in total. The third kappa shape index (κ3) is 7.68. The summed E-state index contributed by atoms with van der Waals surface area (Å²) in [7, 11) is 0. The molecule has 1 aromatic carbocycles. The summed E-state index contributed by atoms with van der Waals surface area (Å²) in [5.74, 6) is -0.189. The smallest absolute Gasteiger partial charge is 0.238 e. The molecule has 2 rings (SSSR count). The lowest BCUT2D eigenvalue weighted by Crippen LogP contribution is -2.44. The number of amides is 3. The molecule has 28 heavy (non-hydrogen) atoms. The number of likely N-dealkylation sites (N-methyl/N-ethyl adjacent to an activating group) is 1. The summed E-state index contributed by atoms with van der Waals surface area (Å²) < 4.78 is 0. The molecule has 1 saturated heterocycles. The Morgan fingerprint density at radius 1 is 0.893 bits per heavy atom. The molecule has 7 heteroatoms. The second-order valence-electron chi connectivity index (χ2n) is 7.26. The van der Waals surface area contributed by atoms with Gasteiger partial charge in [-0.1, -0.05) is 26.2 Å². The maximum absolute atomic E-state index is 12.6. The summed E-state index contributed by atoms with van der Waals surface area (Å²) >= 11 is 0. The fourth-order valence-electron chi connectivity index (χ4n) is 3.31. The highest BCUT2D eigenvalue weighted by molar-refractivity contribution is 5.93. The quantitative estimate of drug-likeness (QED) is 0.752. The van der Waals surface area contributed by atoms with Crippen molar-refractivity contribution in [1.82, 2.24) is 9.80 Å². The van der Waals surface area contributed by atoms with E-state index in [-0.39, 0.29) is 30.8 Å². The van der Waals surface area contributed by atoms with Gasteiger partial charge >= 0.3 is 0 Å². The lowest BCUT2D eigenvalue weighted by molar-refractivity contribution is -0.133. The van der Waals surface area contributed by atoms with Crippen molar-refractivity contribution in [3.8, 4) is 0 Å². The minimum absolute atomic E-state index is 0.108. The van der Waals surface area contributed by atoms with Gasteiger partial charge in [-0.25, -0.2) is 0 Å². The van der Waals surface area contributed by atoms with Gasteiger partial charge in [-0.15, -0.1) is 0 Å². The molecule has 0 unspecified atom stereocenters. The van der Waals surface area contributed by atoms with Crippen LogP contribution in [0, 0.1) is 0 Å². The number of anilines is 2. The molecular formula is C21H32N4O3. The largest absolute Gasteiger partial charge is 0.342 e. The molecule has 0 saturated carbocycles. The molecule has 0 atom stereocenters. The SMILES string of the molecule is CCN(CC(=O)Nc1ccc(NC(C)=O)cc1)CC(=O)N1CCCCCCC1. The molecule has 1 aromatic rings. The van der Waals surface area contributed by atoms with Gasteiger partial charge in [0.25, 0.3) is 0 Å². The third-order valence-corrected chi connectivity index (χ3v) is 4.87. The van der Waals surface area contributed by atoms with E-state index in [1.54, 1.807) is 24.3 Å². The Kier molecular flexibility index (Phi) is 8.94. The average molecular weight is 389 g/mol. The first-order valence-corrected chi connectivity index (χ1v) is 10.2. The maximum atomic E-state index is 12.6. The van der Waals surface area contributed by atoms with Crippen LogP contribution >= 0.6 is 0 Å². The van der Waals surface area contributed by atoms with Gasteiger partial charge in [0.2, 0.25) is 17.7 Å². The van der Waals surface area contributed by atoms with Gasteiger partial charge in [-0.3, -0.25) is 19.3 Å². The number of nitrogens with zero attached hydrogens (tertiary/aromatic N) is 2. The number of likely N-dealkylation sites (tertiary alicyclic amines) is 1. The van der Waals surface area contributed by atoms with Crippen molar-refractivity contribution < 1.29 is 14.4 Å². The summed E-state index contributed by atoms with van der Waals surface area (Å²) in [6, 6.07) is 6.95. The van der Waals surface area contributed by atoms with Gasteiger partial charge in [0.15, 0.2) is 0 Å². The van der Waals surface area contributed by atoms with Crippen molar-refractivity contribution in [2.24, 2.45) is 0 Å². The zero-order chi connectivity index (χ0) is 20.4. The lowest BCUT2D eigenvalue weighted by atomic mass is 10.1. The molecule has 154 valence electrons. The Hall–Kier alpha value is -2.41. The van der Waals surface area contributed by atoms with Crippen LogP contribution in [0.2, 0.25) is 0 Å². The number of carbonyl (C=O) groups excluding carboxylic acids is 3.